The molecule has 0 aliphatic carbocycles. The maximum atomic E-state index is 5.25. The molecule has 13 heavy (non-hydrogen) atoms. The average molecular weight is 178 g/mol. The van der Waals surface area contributed by atoms with Crippen LogP contribution in [0.15, 0.2) is 18.3 Å². The van der Waals surface area contributed by atoms with Crippen molar-refractivity contribution in [1.82, 2.24) is 4.98 Å². The summed E-state index contributed by atoms with van der Waals surface area (Å²) in [6, 6.07) is 3.95. The van der Waals surface area contributed by atoms with E-state index < -0.39 is 0 Å². The van der Waals surface area contributed by atoms with Crippen LogP contribution in [0.1, 0.15) is 12.8 Å². The van der Waals surface area contributed by atoms with Gasteiger partial charge in [0.15, 0.2) is 0 Å². The van der Waals surface area contributed by atoms with Gasteiger partial charge >= 0.3 is 0 Å². The molecule has 0 spiro atoms. The molecule has 0 atom stereocenters. The first-order valence-corrected chi connectivity index (χ1v) is 4.58. The van der Waals surface area contributed by atoms with Gasteiger partial charge in [0.25, 0.3) is 0 Å². The third-order valence-corrected chi connectivity index (χ3v) is 2.34. The van der Waals surface area contributed by atoms with Crippen molar-refractivity contribution in [2.24, 2.45) is 5.84 Å². The Hall–Kier alpha value is -1.29. The number of pyridine rings is 1. The van der Waals surface area contributed by atoms with Gasteiger partial charge in [-0.05, 0) is 25.0 Å². The number of hydrogen-bond donors (Lipinski definition) is 2. The topological polar surface area (TPSA) is 54.2 Å². The largest absolute Gasteiger partial charge is 0.357 e. The first kappa shape index (κ1) is 8.31. The quantitative estimate of drug-likeness (QED) is 0.523. The number of rotatable bonds is 2. The second-order valence-corrected chi connectivity index (χ2v) is 3.24. The summed E-state index contributed by atoms with van der Waals surface area (Å²) in [5, 5.41) is 0. The molecular formula is C9H14N4. The fourth-order valence-corrected chi connectivity index (χ4v) is 1.60. The Morgan fingerprint density at radius 3 is 2.62 bits per heavy atom. The molecule has 0 aromatic carbocycles. The first-order valence-electron chi connectivity index (χ1n) is 4.58. The van der Waals surface area contributed by atoms with Crippen LogP contribution in [0, 0.1) is 0 Å². The molecule has 1 aliphatic rings. The van der Waals surface area contributed by atoms with E-state index in [1.54, 1.807) is 6.20 Å². The molecule has 3 N–H and O–H groups in total. The standard InChI is InChI=1S/C9H14N4/c10-12-8-3-4-9(11-7-8)13-5-1-2-6-13/h3-4,7,12H,1-2,5-6,10H2. The summed E-state index contributed by atoms with van der Waals surface area (Å²) in [5.41, 5.74) is 3.41. The molecule has 4 heteroatoms. The van der Waals surface area contributed by atoms with Crippen molar-refractivity contribution < 1.29 is 0 Å². The lowest BCUT2D eigenvalue weighted by atomic mass is 10.4. The smallest absolute Gasteiger partial charge is 0.128 e. The average Bonchev–Trinajstić information content (AvgIpc) is 2.71. The Morgan fingerprint density at radius 2 is 2.08 bits per heavy atom. The van der Waals surface area contributed by atoms with Crippen LogP contribution in [0.4, 0.5) is 11.5 Å². The van der Waals surface area contributed by atoms with Crippen molar-refractivity contribution in [2.75, 3.05) is 23.4 Å². The second-order valence-electron chi connectivity index (χ2n) is 3.24. The lowest BCUT2D eigenvalue weighted by Crippen LogP contribution is -2.19. The van der Waals surface area contributed by atoms with E-state index in [2.05, 4.69) is 15.3 Å². The summed E-state index contributed by atoms with van der Waals surface area (Å²) in [6.45, 7) is 2.25. The molecule has 4 nitrogen and oxygen atoms in total. The van der Waals surface area contributed by atoms with Crippen LogP contribution in [0.5, 0.6) is 0 Å². The molecule has 2 rings (SSSR count). The number of anilines is 2. The first-order chi connectivity index (χ1) is 6.40. The predicted molar refractivity (Wildman–Crippen MR) is 53.5 cm³/mol. The third kappa shape index (κ3) is 1.72. The minimum absolute atomic E-state index is 0.850. The van der Waals surface area contributed by atoms with Crippen LogP contribution in [-0.4, -0.2) is 18.1 Å². The number of hydrazine groups is 1. The van der Waals surface area contributed by atoms with Gasteiger partial charge in [-0.25, -0.2) is 4.98 Å². The molecule has 0 bridgehead atoms. The summed E-state index contributed by atoms with van der Waals surface area (Å²) in [7, 11) is 0. The monoisotopic (exact) mass is 178 g/mol. The van der Waals surface area contributed by atoms with Crippen LogP contribution in [-0.2, 0) is 0 Å². The zero-order valence-corrected chi connectivity index (χ0v) is 7.53. The highest BCUT2D eigenvalue weighted by atomic mass is 15.2. The highest BCUT2D eigenvalue weighted by Crippen LogP contribution is 2.18. The molecule has 1 aliphatic heterocycles. The minimum atomic E-state index is 0.850. The molecule has 1 aromatic heterocycles. The van der Waals surface area contributed by atoms with Gasteiger partial charge in [0.05, 0.1) is 11.9 Å². The van der Waals surface area contributed by atoms with Crippen molar-refractivity contribution in [3.63, 3.8) is 0 Å². The molecule has 1 aromatic rings. The highest BCUT2D eigenvalue weighted by Gasteiger charge is 2.12. The van der Waals surface area contributed by atoms with E-state index in [1.807, 2.05) is 12.1 Å². The summed E-state index contributed by atoms with van der Waals surface area (Å²) in [6.07, 6.45) is 4.31. The molecule has 2 heterocycles. The van der Waals surface area contributed by atoms with E-state index in [4.69, 9.17) is 5.84 Å². The second kappa shape index (κ2) is 3.62. The van der Waals surface area contributed by atoms with Crippen molar-refractivity contribution >= 4 is 11.5 Å². The van der Waals surface area contributed by atoms with Gasteiger partial charge in [-0.15, -0.1) is 0 Å². The molecule has 1 fully saturated rings. The molecule has 1 saturated heterocycles. The summed E-state index contributed by atoms with van der Waals surface area (Å²) in [5.74, 6) is 6.30. The molecular weight excluding hydrogens is 164 g/mol. The summed E-state index contributed by atoms with van der Waals surface area (Å²) < 4.78 is 0. The van der Waals surface area contributed by atoms with Gasteiger partial charge in [0.1, 0.15) is 5.82 Å². The van der Waals surface area contributed by atoms with Gasteiger partial charge in [0.2, 0.25) is 0 Å². The fraction of sp³-hybridized carbons (Fsp3) is 0.444. The van der Waals surface area contributed by atoms with Crippen molar-refractivity contribution in [3.05, 3.63) is 18.3 Å². The van der Waals surface area contributed by atoms with E-state index in [9.17, 15) is 0 Å². The van der Waals surface area contributed by atoms with Gasteiger partial charge in [-0.3, -0.25) is 5.84 Å². The molecule has 0 amide bonds. The molecule has 0 unspecified atom stereocenters. The number of nitrogens with two attached hydrogens (primary N) is 1. The van der Waals surface area contributed by atoms with Gasteiger partial charge in [0, 0.05) is 13.1 Å². The Morgan fingerprint density at radius 1 is 1.31 bits per heavy atom. The predicted octanol–water partition coefficient (Wildman–Crippen LogP) is 0.967. The normalized spacial score (nSPS) is 16.2. The number of nitrogen functional groups attached to an aromatic ring is 1. The van der Waals surface area contributed by atoms with Crippen molar-refractivity contribution in [1.29, 1.82) is 0 Å². The maximum Gasteiger partial charge on any atom is 0.128 e. The zero-order chi connectivity index (χ0) is 9.10. The maximum absolute atomic E-state index is 5.25. The highest BCUT2D eigenvalue weighted by molar-refractivity contribution is 5.48. The lowest BCUT2D eigenvalue weighted by Gasteiger charge is -2.15. The van der Waals surface area contributed by atoms with E-state index >= 15 is 0 Å². The van der Waals surface area contributed by atoms with E-state index in [0.717, 1.165) is 24.6 Å². The SMILES string of the molecule is NNc1ccc(N2CCCC2)nc1. The van der Waals surface area contributed by atoms with Crippen molar-refractivity contribution in [3.8, 4) is 0 Å². The van der Waals surface area contributed by atoms with Crippen molar-refractivity contribution in [2.45, 2.75) is 12.8 Å². The van der Waals surface area contributed by atoms with E-state index in [1.165, 1.54) is 12.8 Å². The Labute approximate surface area is 77.7 Å². The number of nitrogens with zero attached hydrogens (tertiary/aromatic N) is 2. The summed E-state index contributed by atoms with van der Waals surface area (Å²) >= 11 is 0. The van der Waals surface area contributed by atoms with Crippen LogP contribution in [0.3, 0.4) is 0 Å². The molecule has 0 radical (unpaired) electrons. The van der Waals surface area contributed by atoms with E-state index in [0.29, 0.717) is 0 Å². The van der Waals surface area contributed by atoms with Crippen LogP contribution >= 0.6 is 0 Å². The Kier molecular flexibility index (Phi) is 2.31. The summed E-state index contributed by atoms with van der Waals surface area (Å²) in [4.78, 5) is 6.61. The lowest BCUT2D eigenvalue weighted by molar-refractivity contribution is 0.937. The van der Waals surface area contributed by atoms with Crippen LogP contribution in [0.2, 0.25) is 0 Å². The fourth-order valence-electron chi connectivity index (χ4n) is 1.60. The zero-order valence-electron chi connectivity index (χ0n) is 7.53. The van der Waals surface area contributed by atoms with E-state index in [-0.39, 0.29) is 0 Å². The van der Waals surface area contributed by atoms with Gasteiger partial charge < -0.3 is 10.3 Å². The minimum Gasteiger partial charge on any atom is -0.357 e. The number of aromatic nitrogens is 1. The molecule has 0 saturated carbocycles. The number of hydrogen-bond acceptors (Lipinski definition) is 4. The Balaban J connectivity index is 2.12. The third-order valence-electron chi connectivity index (χ3n) is 2.34. The van der Waals surface area contributed by atoms with Gasteiger partial charge in [-0.2, -0.15) is 0 Å². The Bertz CT molecular complexity index is 263. The van der Waals surface area contributed by atoms with Gasteiger partial charge in [-0.1, -0.05) is 0 Å². The number of nitrogens with one attached hydrogen (secondary N) is 1. The molecule has 70 valence electrons. The van der Waals surface area contributed by atoms with Crippen LogP contribution < -0.4 is 16.2 Å². The van der Waals surface area contributed by atoms with Crippen LogP contribution in [0.25, 0.3) is 0 Å².